The SMILES string of the molecule is CC(C)C(C)NC(=O)c1ccc(CN(Cc2ccccc2)Cc2ccccc2F)o1. The fourth-order valence-electron chi connectivity index (χ4n) is 3.13. The Bertz CT molecular complexity index is 953. The third kappa shape index (κ3) is 6.04. The number of nitrogens with zero attached hydrogens (tertiary/aromatic N) is 1. The van der Waals surface area contributed by atoms with Gasteiger partial charge < -0.3 is 9.73 Å². The van der Waals surface area contributed by atoms with Gasteiger partial charge in [-0.25, -0.2) is 4.39 Å². The topological polar surface area (TPSA) is 45.5 Å². The van der Waals surface area contributed by atoms with E-state index in [4.69, 9.17) is 4.42 Å². The summed E-state index contributed by atoms with van der Waals surface area (Å²) in [4.78, 5) is 14.5. The van der Waals surface area contributed by atoms with Gasteiger partial charge in [0.1, 0.15) is 11.6 Å². The molecule has 0 fully saturated rings. The number of nitrogens with one attached hydrogen (secondary N) is 1. The van der Waals surface area contributed by atoms with Crippen LogP contribution in [0.3, 0.4) is 0 Å². The molecule has 0 aliphatic rings. The number of benzene rings is 2. The zero-order valence-corrected chi connectivity index (χ0v) is 17.8. The lowest BCUT2D eigenvalue weighted by Crippen LogP contribution is -2.35. The molecular weight excluding hydrogens is 379 g/mol. The second-order valence-electron chi connectivity index (χ2n) is 7.99. The van der Waals surface area contributed by atoms with Crippen molar-refractivity contribution in [1.82, 2.24) is 10.2 Å². The Hall–Kier alpha value is -2.92. The van der Waals surface area contributed by atoms with E-state index in [1.807, 2.05) is 49.4 Å². The molecule has 5 heteroatoms. The predicted molar refractivity (Wildman–Crippen MR) is 116 cm³/mol. The highest BCUT2D eigenvalue weighted by atomic mass is 19.1. The van der Waals surface area contributed by atoms with Gasteiger partial charge in [-0.3, -0.25) is 9.69 Å². The van der Waals surface area contributed by atoms with Crippen LogP contribution in [0.25, 0.3) is 0 Å². The quantitative estimate of drug-likeness (QED) is 0.516. The number of hydrogen-bond donors (Lipinski definition) is 1. The van der Waals surface area contributed by atoms with Crippen LogP contribution in [0, 0.1) is 11.7 Å². The van der Waals surface area contributed by atoms with Gasteiger partial charge in [0.2, 0.25) is 0 Å². The predicted octanol–water partition coefficient (Wildman–Crippen LogP) is 5.40. The van der Waals surface area contributed by atoms with E-state index < -0.39 is 0 Å². The molecule has 1 aromatic heterocycles. The minimum Gasteiger partial charge on any atom is -0.455 e. The first-order chi connectivity index (χ1) is 14.4. The van der Waals surface area contributed by atoms with Gasteiger partial charge in [-0.2, -0.15) is 0 Å². The lowest BCUT2D eigenvalue weighted by molar-refractivity contribution is 0.0898. The molecule has 30 heavy (non-hydrogen) atoms. The molecule has 1 atom stereocenters. The second kappa shape index (κ2) is 10.2. The van der Waals surface area contributed by atoms with E-state index in [0.29, 0.717) is 42.6 Å². The molecular formula is C25H29FN2O2. The highest BCUT2D eigenvalue weighted by Crippen LogP contribution is 2.18. The molecule has 1 N–H and O–H groups in total. The summed E-state index contributed by atoms with van der Waals surface area (Å²) in [5.74, 6) is 0.863. The Labute approximate surface area is 177 Å². The average molecular weight is 409 g/mol. The van der Waals surface area contributed by atoms with Gasteiger partial charge in [0.25, 0.3) is 5.91 Å². The summed E-state index contributed by atoms with van der Waals surface area (Å²) in [5, 5.41) is 2.95. The third-order valence-electron chi connectivity index (χ3n) is 5.22. The summed E-state index contributed by atoms with van der Waals surface area (Å²) in [6, 6.07) is 20.4. The lowest BCUT2D eigenvalue weighted by atomic mass is 10.1. The number of carbonyl (C=O) groups excluding carboxylic acids is 1. The number of halogens is 1. The van der Waals surface area contributed by atoms with Crippen LogP contribution in [0.2, 0.25) is 0 Å². The summed E-state index contributed by atoms with van der Waals surface area (Å²) in [6.07, 6.45) is 0. The molecule has 0 aliphatic heterocycles. The Kier molecular flexibility index (Phi) is 7.41. The largest absolute Gasteiger partial charge is 0.455 e. The van der Waals surface area contributed by atoms with Crippen molar-refractivity contribution in [3.05, 3.63) is 95.2 Å². The molecule has 0 saturated carbocycles. The summed E-state index contributed by atoms with van der Waals surface area (Å²) in [7, 11) is 0. The summed E-state index contributed by atoms with van der Waals surface area (Å²) in [6.45, 7) is 7.64. The maximum Gasteiger partial charge on any atom is 0.287 e. The molecule has 3 aromatic rings. The molecule has 1 heterocycles. The number of amides is 1. The fourth-order valence-corrected chi connectivity index (χ4v) is 3.13. The molecule has 0 radical (unpaired) electrons. The monoisotopic (exact) mass is 408 g/mol. The van der Waals surface area contributed by atoms with Crippen LogP contribution in [0.1, 0.15) is 48.2 Å². The standard InChI is InChI=1S/C25H29FN2O2/c1-18(2)19(3)27-25(29)24-14-13-22(30-24)17-28(15-20-9-5-4-6-10-20)16-21-11-7-8-12-23(21)26/h4-14,18-19H,15-17H2,1-3H3,(H,27,29). The maximum atomic E-state index is 14.2. The van der Waals surface area contributed by atoms with Gasteiger partial charge >= 0.3 is 0 Å². The Balaban J connectivity index is 1.73. The van der Waals surface area contributed by atoms with Gasteiger partial charge in [0.05, 0.1) is 6.54 Å². The van der Waals surface area contributed by atoms with Crippen molar-refractivity contribution in [2.45, 2.75) is 46.4 Å². The minimum absolute atomic E-state index is 0.0571. The van der Waals surface area contributed by atoms with Crippen molar-refractivity contribution < 1.29 is 13.6 Å². The molecule has 4 nitrogen and oxygen atoms in total. The van der Waals surface area contributed by atoms with Crippen LogP contribution < -0.4 is 5.32 Å². The van der Waals surface area contributed by atoms with Crippen LogP contribution in [-0.2, 0) is 19.6 Å². The zero-order chi connectivity index (χ0) is 21.5. The van der Waals surface area contributed by atoms with Crippen molar-refractivity contribution in [2.75, 3.05) is 0 Å². The van der Waals surface area contributed by atoms with Gasteiger partial charge in [-0.1, -0.05) is 62.4 Å². The molecule has 0 aliphatic carbocycles. The molecule has 158 valence electrons. The maximum absolute atomic E-state index is 14.2. The van der Waals surface area contributed by atoms with E-state index in [9.17, 15) is 9.18 Å². The van der Waals surface area contributed by atoms with Gasteiger partial charge in [0, 0.05) is 24.7 Å². The van der Waals surface area contributed by atoms with E-state index in [-0.39, 0.29) is 17.8 Å². The number of rotatable bonds is 9. The molecule has 0 saturated heterocycles. The van der Waals surface area contributed by atoms with Crippen molar-refractivity contribution in [3.63, 3.8) is 0 Å². The van der Waals surface area contributed by atoms with Gasteiger partial charge in [-0.15, -0.1) is 0 Å². The smallest absolute Gasteiger partial charge is 0.287 e. The first-order valence-corrected chi connectivity index (χ1v) is 10.3. The molecule has 3 rings (SSSR count). The first kappa shape index (κ1) is 21.8. The van der Waals surface area contributed by atoms with Crippen molar-refractivity contribution in [1.29, 1.82) is 0 Å². The average Bonchev–Trinajstić information content (AvgIpc) is 3.19. The van der Waals surface area contributed by atoms with Crippen molar-refractivity contribution >= 4 is 5.91 Å². The molecule has 2 aromatic carbocycles. The molecule has 0 spiro atoms. The van der Waals surface area contributed by atoms with E-state index in [2.05, 4.69) is 24.1 Å². The van der Waals surface area contributed by atoms with E-state index in [0.717, 1.165) is 5.56 Å². The van der Waals surface area contributed by atoms with Gasteiger partial charge in [-0.05, 0) is 36.6 Å². The number of hydrogen-bond acceptors (Lipinski definition) is 3. The third-order valence-corrected chi connectivity index (χ3v) is 5.22. The number of carbonyl (C=O) groups is 1. The van der Waals surface area contributed by atoms with E-state index >= 15 is 0 Å². The second-order valence-corrected chi connectivity index (χ2v) is 7.99. The molecule has 1 amide bonds. The fraction of sp³-hybridized carbons (Fsp3) is 0.320. The Morgan fingerprint density at radius 1 is 0.933 bits per heavy atom. The highest BCUT2D eigenvalue weighted by molar-refractivity contribution is 5.91. The Morgan fingerprint density at radius 3 is 2.33 bits per heavy atom. The summed E-state index contributed by atoms with van der Waals surface area (Å²) < 4.78 is 20.0. The Morgan fingerprint density at radius 2 is 1.63 bits per heavy atom. The van der Waals surface area contributed by atoms with Crippen LogP contribution in [0.5, 0.6) is 0 Å². The van der Waals surface area contributed by atoms with Crippen LogP contribution in [0.4, 0.5) is 4.39 Å². The first-order valence-electron chi connectivity index (χ1n) is 10.3. The number of furan rings is 1. The molecule has 0 bridgehead atoms. The van der Waals surface area contributed by atoms with Crippen molar-refractivity contribution in [3.8, 4) is 0 Å². The van der Waals surface area contributed by atoms with Crippen molar-refractivity contribution in [2.24, 2.45) is 5.92 Å². The van der Waals surface area contributed by atoms with Gasteiger partial charge in [0.15, 0.2) is 5.76 Å². The van der Waals surface area contributed by atoms with Crippen LogP contribution in [0.15, 0.2) is 71.1 Å². The summed E-state index contributed by atoms with van der Waals surface area (Å²) in [5.41, 5.74) is 1.76. The summed E-state index contributed by atoms with van der Waals surface area (Å²) >= 11 is 0. The normalized spacial score (nSPS) is 12.3. The van der Waals surface area contributed by atoms with E-state index in [1.165, 1.54) is 6.07 Å². The van der Waals surface area contributed by atoms with Crippen LogP contribution >= 0.6 is 0 Å². The lowest BCUT2D eigenvalue weighted by Gasteiger charge is -2.22. The highest BCUT2D eigenvalue weighted by Gasteiger charge is 2.18. The molecule has 1 unspecified atom stereocenters. The van der Waals surface area contributed by atoms with Crippen LogP contribution in [-0.4, -0.2) is 16.8 Å². The van der Waals surface area contributed by atoms with E-state index in [1.54, 1.807) is 18.2 Å². The zero-order valence-electron chi connectivity index (χ0n) is 17.8. The minimum atomic E-state index is -0.224.